The van der Waals surface area contributed by atoms with Crippen molar-refractivity contribution in [3.05, 3.63) is 0 Å². The first-order valence-electron chi connectivity index (χ1n) is 11.0. The van der Waals surface area contributed by atoms with Crippen molar-refractivity contribution in [1.29, 1.82) is 0 Å². The molecule has 0 heterocycles. The summed E-state index contributed by atoms with van der Waals surface area (Å²) in [6.07, 6.45) is -1.30. The molecule has 0 aromatic carbocycles. The van der Waals surface area contributed by atoms with Crippen LogP contribution in [0.5, 0.6) is 0 Å². The standard InChI is InChI=1S/C21H38N4O8/c1-6-11(4)16(19(30)23-14(21(32)33)7-8-15(27)28)24-20(31)17(12(5)26)25-18(29)13(22)9-10(2)3/h10-14,16-17,26H,6-9,22H2,1-5H3,(H,23,30)(H,24,31)(H,25,29)(H,27,28)(H,32,33). The highest BCUT2D eigenvalue weighted by Gasteiger charge is 2.34. The Kier molecular flexibility index (Phi) is 13.2. The lowest BCUT2D eigenvalue weighted by Crippen LogP contribution is -2.61. The van der Waals surface area contributed by atoms with Gasteiger partial charge in [-0.3, -0.25) is 19.2 Å². The normalized spacial score (nSPS) is 16.6. The molecule has 0 radical (unpaired) electrons. The molecule has 0 saturated carbocycles. The lowest BCUT2D eigenvalue weighted by Gasteiger charge is -2.29. The number of carbonyl (C=O) groups excluding carboxylic acids is 3. The molecule has 0 aliphatic heterocycles. The Morgan fingerprint density at radius 3 is 1.79 bits per heavy atom. The fraction of sp³-hybridized carbons (Fsp3) is 0.762. The number of rotatable bonds is 15. The SMILES string of the molecule is CCC(C)C(NC(=O)C(NC(=O)C(N)CC(C)C)C(C)O)C(=O)NC(CCC(=O)O)C(=O)O. The van der Waals surface area contributed by atoms with Crippen molar-refractivity contribution in [3.63, 3.8) is 0 Å². The molecule has 190 valence electrons. The second-order valence-corrected chi connectivity index (χ2v) is 8.67. The van der Waals surface area contributed by atoms with Crippen LogP contribution in [-0.2, 0) is 24.0 Å². The number of hydrogen-bond donors (Lipinski definition) is 7. The molecule has 0 aliphatic rings. The van der Waals surface area contributed by atoms with Crippen molar-refractivity contribution in [2.24, 2.45) is 17.6 Å². The molecule has 0 aliphatic carbocycles. The van der Waals surface area contributed by atoms with Crippen LogP contribution in [0.15, 0.2) is 0 Å². The topological polar surface area (TPSA) is 208 Å². The van der Waals surface area contributed by atoms with Gasteiger partial charge in [-0.25, -0.2) is 4.79 Å². The van der Waals surface area contributed by atoms with Crippen LogP contribution in [0.1, 0.15) is 60.3 Å². The van der Waals surface area contributed by atoms with Crippen molar-refractivity contribution >= 4 is 29.7 Å². The molecular weight excluding hydrogens is 436 g/mol. The van der Waals surface area contributed by atoms with Crippen LogP contribution in [0, 0.1) is 11.8 Å². The third-order valence-electron chi connectivity index (χ3n) is 5.18. The zero-order chi connectivity index (χ0) is 25.9. The Bertz CT molecular complexity index is 698. The van der Waals surface area contributed by atoms with E-state index in [9.17, 15) is 34.2 Å². The molecular formula is C21H38N4O8. The van der Waals surface area contributed by atoms with Gasteiger partial charge in [-0.1, -0.05) is 34.1 Å². The first-order chi connectivity index (χ1) is 15.2. The number of aliphatic carboxylic acids is 2. The molecule has 6 atom stereocenters. The maximum Gasteiger partial charge on any atom is 0.326 e. The average molecular weight is 475 g/mol. The zero-order valence-electron chi connectivity index (χ0n) is 19.8. The van der Waals surface area contributed by atoms with Crippen molar-refractivity contribution in [1.82, 2.24) is 16.0 Å². The van der Waals surface area contributed by atoms with Crippen LogP contribution in [0.3, 0.4) is 0 Å². The number of nitrogens with two attached hydrogens (primary N) is 1. The zero-order valence-corrected chi connectivity index (χ0v) is 19.8. The smallest absolute Gasteiger partial charge is 0.326 e. The quantitative estimate of drug-likeness (QED) is 0.158. The Morgan fingerprint density at radius 1 is 0.848 bits per heavy atom. The first kappa shape index (κ1) is 30.3. The van der Waals surface area contributed by atoms with Gasteiger partial charge in [0.25, 0.3) is 0 Å². The monoisotopic (exact) mass is 474 g/mol. The number of amides is 3. The van der Waals surface area contributed by atoms with Gasteiger partial charge in [0, 0.05) is 6.42 Å². The molecule has 0 saturated heterocycles. The van der Waals surface area contributed by atoms with E-state index in [2.05, 4.69) is 16.0 Å². The summed E-state index contributed by atoms with van der Waals surface area (Å²) in [5.74, 6) is -5.21. The van der Waals surface area contributed by atoms with Gasteiger partial charge in [-0.2, -0.15) is 0 Å². The van der Waals surface area contributed by atoms with Crippen LogP contribution < -0.4 is 21.7 Å². The van der Waals surface area contributed by atoms with E-state index in [4.69, 9.17) is 10.8 Å². The van der Waals surface area contributed by atoms with E-state index in [1.165, 1.54) is 6.92 Å². The van der Waals surface area contributed by atoms with Crippen molar-refractivity contribution in [3.8, 4) is 0 Å². The lowest BCUT2D eigenvalue weighted by molar-refractivity contribution is -0.144. The Morgan fingerprint density at radius 2 is 1.36 bits per heavy atom. The van der Waals surface area contributed by atoms with Gasteiger partial charge in [0.05, 0.1) is 12.1 Å². The minimum Gasteiger partial charge on any atom is -0.481 e. The summed E-state index contributed by atoms with van der Waals surface area (Å²) in [5, 5.41) is 35.2. The van der Waals surface area contributed by atoms with Crippen molar-refractivity contribution < 1.29 is 39.3 Å². The molecule has 0 spiro atoms. The molecule has 3 amide bonds. The number of carbonyl (C=O) groups is 5. The van der Waals surface area contributed by atoms with E-state index in [-0.39, 0.29) is 12.3 Å². The fourth-order valence-corrected chi connectivity index (χ4v) is 3.01. The molecule has 0 fully saturated rings. The number of carboxylic acids is 2. The third kappa shape index (κ3) is 11.1. The van der Waals surface area contributed by atoms with Crippen molar-refractivity contribution in [2.75, 3.05) is 0 Å². The van der Waals surface area contributed by atoms with Crippen molar-refractivity contribution in [2.45, 2.75) is 90.6 Å². The number of aliphatic hydroxyl groups is 1. The van der Waals surface area contributed by atoms with Crippen LogP contribution in [0.25, 0.3) is 0 Å². The highest BCUT2D eigenvalue weighted by molar-refractivity contribution is 5.94. The van der Waals surface area contributed by atoms with E-state index in [1.807, 2.05) is 13.8 Å². The molecule has 12 heteroatoms. The highest BCUT2D eigenvalue weighted by Crippen LogP contribution is 2.11. The summed E-state index contributed by atoms with van der Waals surface area (Å²) in [6.45, 7) is 8.47. The number of aliphatic hydroxyl groups excluding tert-OH is 1. The van der Waals surface area contributed by atoms with E-state index >= 15 is 0 Å². The van der Waals surface area contributed by atoms with Gasteiger partial charge in [0.2, 0.25) is 17.7 Å². The maximum atomic E-state index is 12.8. The second-order valence-electron chi connectivity index (χ2n) is 8.67. The van der Waals surface area contributed by atoms with Crippen LogP contribution in [0.2, 0.25) is 0 Å². The van der Waals surface area contributed by atoms with Gasteiger partial charge < -0.3 is 37.0 Å². The second kappa shape index (κ2) is 14.4. The van der Waals surface area contributed by atoms with Crippen LogP contribution in [-0.4, -0.2) is 75.3 Å². The number of hydrogen-bond acceptors (Lipinski definition) is 7. The largest absolute Gasteiger partial charge is 0.481 e. The molecule has 12 nitrogen and oxygen atoms in total. The molecule has 0 rings (SSSR count). The molecule has 6 unspecified atom stereocenters. The Balaban J connectivity index is 5.48. The number of nitrogens with one attached hydrogen (secondary N) is 3. The minimum absolute atomic E-state index is 0.131. The Labute approximate surface area is 193 Å². The van der Waals surface area contributed by atoms with Crippen LogP contribution in [0.4, 0.5) is 0 Å². The predicted octanol–water partition coefficient (Wildman–Crippen LogP) is -0.809. The average Bonchev–Trinajstić information content (AvgIpc) is 2.70. The van der Waals surface area contributed by atoms with Gasteiger partial charge in [-0.15, -0.1) is 0 Å². The van der Waals surface area contributed by atoms with E-state index in [0.29, 0.717) is 12.8 Å². The van der Waals surface area contributed by atoms with Gasteiger partial charge in [0.15, 0.2) is 0 Å². The molecule has 8 N–H and O–H groups in total. The van der Waals surface area contributed by atoms with Gasteiger partial charge >= 0.3 is 11.9 Å². The van der Waals surface area contributed by atoms with E-state index in [1.54, 1.807) is 13.8 Å². The summed E-state index contributed by atoms with van der Waals surface area (Å²) in [4.78, 5) is 60.1. The van der Waals surface area contributed by atoms with Crippen LogP contribution >= 0.6 is 0 Å². The predicted molar refractivity (Wildman–Crippen MR) is 119 cm³/mol. The summed E-state index contributed by atoms with van der Waals surface area (Å²) < 4.78 is 0. The Hall–Kier alpha value is -2.73. The fourth-order valence-electron chi connectivity index (χ4n) is 3.01. The molecule has 0 bridgehead atoms. The minimum atomic E-state index is -1.46. The molecule has 0 aromatic rings. The van der Waals surface area contributed by atoms with E-state index < -0.39 is 72.3 Å². The summed E-state index contributed by atoms with van der Waals surface area (Å²) in [5.41, 5.74) is 5.83. The van der Waals surface area contributed by atoms with Gasteiger partial charge in [-0.05, 0) is 31.6 Å². The van der Waals surface area contributed by atoms with E-state index in [0.717, 1.165) is 0 Å². The summed E-state index contributed by atoms with van der Waals surface area (Å²) in [6, 6.07) is -4.93. The highest BCUT2D eigenvalue weighted by atomic mass is 16.4. The summed E-state index contributed by atoms with van der Waals surface area (Å²) >= 11 is 0. The molecule has 0 aromatic heterocycles. The number of carboxylic acid groups (broad SMARTS) is 2. The molecule has 33 heavy (non-hydrogen) atoms. The lowest BCUT2D eigenvalue weighted by atomic mass is 9.96. The van der Waals surface area contributed by atoms with Gasteiger partial charge in [0.1, 0.15) is 18.1 Å². The summed E-state index contributed by atoms with van der Waals surface area (Å²) in [7, 11) is 0. The third-order valence-corrected chi connectivity index (χ3v) is 5.18. The maximum absolute atomic E-state index is 12.8. The first-order valence-corrected chi connectivity index (χ1v) is 11.0.